The Morgan fingerprint density at radius 3 is 3.05 bits per heavy atom. The first-order valence-electron chi connectivity index (χ1n) is 6.18. The number of nitrogens with zero attached hydrogens (tertiary/aromatic N) is 2. The molecule has 0 saturated carbocycles. The average Bonchev–Trinajstić information content (AvgIpc) is 2.46. The Morgan fingerprint density at radius 2 is 2.32 bits per heavy atom. The van der Waals surface area contributed by atoms with Gasteiger partial charge in [0.2, 0.25) is 0 Å². The van der Waals surface area contributed by atoms with Gasteiger partial charge in [-0.25, -0.2) is 5.01 Å². The molecule has 0 N–H and O–H groups in total. The Bertz CT molecular complexity index is 464. The van der Waals surface area contributed by atoms with Gasteiger partial charge in [0.25, 0.3) is 0 Å². The number of anilines is 1. The second-order valence-corrected chi connectivity index (χ2v) is 4.34. The van der Waals surface area contributed by atoms with E-state index in [2.05, 4.69) is 10.0 Å². The molecule has 0 fully saturated rings. The van der Waals surface area contributed by atoms with Gasteiger partial charge in [-0.15, -0.1) is 4.91 Å². The van der Waals surface area contributed by atoms with Crippen LogP contribution < -0.4 is 9.75 Å². The average molecular weight is 264 g/mol. The highest BCUT2D eigenvalue weighted by Crippen LogP contribution is 2.34. The van der Waals surface area contributed by atoms with E-state index in [1.807, 2.05) is 12.1 Å². The zero-order valence-corrected chi connectivity index (χ0v) is 10.7. The normalized spacial score (nSPS) is 17.3. The maximum atomic E-state index is 11.0. The maximum Gasteiger partial charge on any atom is 0.305 e. The summed E-state index contributed by atoms with van der Waals surface area (Å²) in [4.78, 5) is 21.9. The van der Waals surface area contributed by atoms with Gasteiger partial charge in [-0.05, 0) is 25.0 Å². The van der Waals surface area contributed by atoms with Crippen LogP contribution >= 0.6 is 0 Å². The van der Waals surface area contributed by atoms with Crippen molar-refractivity contribution in [2.75, 3.05) is 18.7 Å². The van der Waals surface area contributed by atoms with Crippen molar-refractivity contribution in [3.63, 3.8) is 0 Å². The Balaban J connectivity index is 1.95. The molecule has 0 radical (unpaired) electrons. The van der Waals surface area contributed by atoms with Crippen molar-refractivity contribution in [3.05, 3.63) is 29.2 Å². The SMILES string of the molecule is COC(=O)CCCC1CN(N=O)c2ccccc2O1. The van der Waals surface area contributed by atoms with E-state index in [1.165, 1.54) is 12.1 Å². The Morgan fingerprint density at radius 1 is 1.53 bits per heavy atom. The zero-order chi connectivity index (χ0) is 13.7. The third-order valence-corrected chi connectivity index (χ3v) is 3.05. The van der Waals surface area contributed by atoms with Gasteiger partial charge in [0.05, 0.1) is 18.9 Å². The van der Waals surface area contributed by atoms with Gasteiger partial charge in [-0.1, -0.05) is 12.1 Å². The van der Waals surface area contributed by atoms with Crippen LogP contribution in [0.15, 0.2) is 29.6 Å². The lowest BCUT2D eigenvalue weighted by atomic mass is 10.1. The summed E-state index contributed by atoms with van der Waals surface area (Å²) in [6.45, 7) is 0.404. The lowest BCUT2D eigenvalue weighted by Gasteiger charge is -2.31. The number of rotatable bonds is 5. The highest BCUT2D eigenvalue weighted by molar-refractivity contribution is 5.69. The summed E-state index contributed by atoms with van der Waals surface area (Å²) in [6, 6.07) is 7.28. The number of nitroso groups, excluding NO2 is 1. The summed E-state index contributed by atoms with van der Waals surface area (Å²) < 4.78 is 10.4. The molecule has 19 heavy (non-hydrogen) atoms. The smallest absolute Gasteiger partial charge is 0.305 e. The second kappa shape index (κ2) is 6.17. The molecule has 0 aromatic heterocycles. The van der Waals surface area contributed by atoms with Crippen molar-refractivity contribution >= 4 is 11.7 Å². The number of fused-ring (bicyclic) bond motifs is 1. The molecule has 1 aromatic carbocycles. The fraction of sp³-hybridized carbons (Fsp3) is 0.462. The molecule has 0 amide bonds. The molecule has 0 saturated heterocycles. The van der Waals surface area contributed by atoms with Crippen LogP contribution in [0.5, 0.6) is 5.75 Å². The summed E-state index contributed by atoms with van der Waals surface area (Å²) in [5.74, 6) is 0.415. The molecule has 1 heterocycles. The largest absolute Gasteiger partial charge is 0.486 e. The predicted molar refractivity (Wildman–Crippen MR) is 69.9 cm³/mol. The minimum absolute atomic E-state index is 0.141. The molecule has 0 spiro atoms. The Labute approximate surface area is 111 Å². The number of carbonyl (C=O) groups is 1. The molecule has 6 heteroatoms. The predicted octanol–water partition coefficient (Wildman–Crippen LogP) is 2.28. The second-order valence-electron chi connectivity index (χ2n) is 4.34. The Kier molecular flexibility index (Phi) is 4.33. The molecule has 2 rings (SSSR count). The minimum atomic E-state index is -0.235. The molecular formula is C13H16N2O4. The van der Waals surface area contributed by atoms with Gasteiger partial charge in [-0.3, -0.25) is 4.79 Å². The van der Waals surface area contributed by atoms with Crippen LogP contribution in [-0.2, 0) is 9.53 Å². The molecule has 102 valence electrons. The number of para-hydroxylation sites is 2. The number of carbonyl (C=O) groups excluding carboxylic acids is 1. The van der Waals surface area contributed by atoms with Gasteiger partial charge in [0.1, 0.15) is 17.5 Å². The minimum Gasteiger partial charge on any atom is -0.486 e. The molecule has 0 bridgehead atoms. The highest BCUT2D eigenvalue weighted by atomic mass is 16.5. The fourth-order valence-corrected chi connectivity index (χ4v) is 2.08. The molecular weight excluding hydrogens is 248 g/mol. The van der Waals surface area contributed by atoms with Crippen molar-refractivity contribution < 1.29 is 14.3 Å². The van der Waals surface area contributed by atoms with Gasteiger partial charge in [-0.2, -0.15) is 0 Å². The van der Waals surface area contributed by atoms with E-state index in [0.29, 0.717) is 37.2 Å². The third-order valence-electron chi connectivity index (χ3n) is 3.05. The number of methoxy groups -OCH3 is 1. The lowest BCUT2D eigenvalue weighted by Crippen LogP contribution is -2.36. The molecule has 1 aromatic rings. The lowest BCUT2D eigenvalue weighted by molar-refractivity contribution is -0.140. The summed E-state index contributed by atoms with van der Waals surface area (Å²) in [7, 11) is 1.37. The Hall–Kier alpha value is -2.11. The molecule has 6 nitrogen and oxygen atoms in total. The van der Waals surface area contributed by atoms with Gasteiger partial charge < -0.3 is 9.47 Å². The number of esters is 1. The summed E-state index contributed by atoms with van der Waals surface area (Å²) in [5.41, 5.74) is 0.682. The van der Waals surface area contributed by atoms with Crippen molar-refractivity contribution in [1.29, 1.82) is 0 Å². The molecule has 1 aliphatic heterocycles. The number of hydrogen-bond acceptors (Lipinski definition) is 5. The van der Waals surface area contributed by atoms with Gasteiger partial charge in [0, 0.05) is 6.42 Å². The van der Waals surface area contributed by atoms with Crippen LogP contribution in [0.25, 0.3) is 0 Å². The first-order chi connectivity index (χ1) is 9.24. The van der Waals surface area contributed by atoms with Crippen LogP contribution in [-0.4, -0.2) is 25.7 Å². The van der Waals surface area contributed by atoms with E-state index in [9.17, 15) is 9.70 Å². The van der Waals surface area contributed by atoms with Crippen LogP contribution in [0.4, 0.5) is 5.69 Å². The van der Waals surface area contributed by atoms with E-state index >= 15 is 0 Å². The number of hydrogen-bond donors (Lipinski definition) is 0. The zero-order valence-electron chi connectivity index (χ0n) is 10.7. The quantitative estimate of drug-likeness (QED) is 0.603. The van der Waals surface area contributed by atoms with E-state index in [0.717, 1.165) is 0 Å². The first kappa shape index (κ1) is 13.3. The van der Waals surface area contributed by atoms with Crippen LogP contribution in [0.2, 0.25) is 0 Å². The van der Waals surface area contributed by atoms with Crippen LogP contribution in [0.1, 0.15) is 19.3 Å². The van der Waals surface area contributed by atoms with Crippen LogP contribution in [0.3, 0.4) is 0 Å². The molecule has 1 unspecified atom stereocenters. The third kappa shape index (κ3) is 3.21. The molecule has 1 atom stereocenters. The summed E-state index contributed by atoms with van der Waals surface area (Å²) in [5, 5.41) is 4.40. The van der Waals surface area contributed by atoms with Gasteiger partial charge >= 0.3 is 5.97 Å². The van der Waals surface area contributed by atoms with Crippen molar-refractivity contribution in [1.82, 2.24) is 0 Å². The van der Waals surface area contributed by atoms with Crippen LogP contribution in [0, 0.1) is 4.91 Å². The monoisotopic (exact) mass is 264 g/mol. The standard InChI is InChI=1S/C13H16N2O4/c1-18-13(16)8-4-5-10-9-15(14-17)11-6-2-3-7-12(11)19-10/h2-3,6-7,10H,4-5,8-9H2,1H3. The van der Waals surface area contributed by atoms with Crippen molar-refractivity contribution in [2.45, 2.75) is 25.4 Å². The first-order valence-corrected chi connectivity index (χ1v) is 6.18. The maximum absolute atomic E-state index is 11.0. The summed E-state index contributed by atoms with van der Waals surface area (Å²) in [6.07, 6.45) is 1.55. The fourth-order valence-electron chi connectivity index (χ4n) is 2.08. The molecule has 1 aliphatic rings. The van der Waals surface area contributed by atoms with E-state index < -0.39 is 0 Å². The summed E-state index contributed by atoms with van der Waals surface area (Å²) >= 11 is 0. The number of benzene rings is 1. The highest BCUT2D eigenvalue weighted by Gasteiger charge is 2.26. The van der Waals surface area contributed by atoms with Gasteiger partial charge in [0.15, 0.2) is 0 Å². The van der Waals surface area contributed by atoms with E-state index in [1.54, 1.807) is 12.1 Å². The van der Waals surface area contributed by atoms with E-state index in [4.69, 9.17) is 4.74 Å². The molecule has 0 aliphatic carbocycles. The number of ether oxygens (including phenoxy) is 2. The van der Waals surface area contributed by atoms with Crippen molar-refractivity contribution in [3.8, 4) is 5.75 Å². The topological polar surface area (TPSA) is 68.2 Å². The van der Waals surface area contributed by atoms with E-state index in [-0.39, 0.29) is 12.1 Å². The van der Waals surface area contributed by atoms with Crippen molar-refractivity contribution in [2.24, 2.45) is 5.29 Å².